The Bertz CT molecular complexity index is 1280. The van der Waals surface area contributed by atoms with Gasteiger partial charge in [0.15, 0.2) is 5.13 Å². The molecule has 0 saturated heterocycles. The number of thiophene rings is 2. The lowest BCUT2D eigenvalue weighted by Gasteiger charge is -2.20. The first kappa shape index (κ1) is 21.4. The summed E-state index contributed by atoms with van der Waals surface area (Å²) in [7, 11) is 0. The number of amides is 2. The number of thiazole rings is 1. The SMILES string of the molecule is NC(=O)C1CC(C(=O)Nc2nc(-c3cccs3)c(-c3cccs3)s2)=NN1c1ccc(F)cc1. The first-order valence-corrected chi connectivity index (χ1v) is 12.4. The van der Waals surface area contributed by atoms with Gasteiger partial charge in [-0.2, -0.15) is 5.10 Å². The van der Waals surface area contributed by atoms with Crippen molar-refractivity contribution in [1.29, 1.82) is 0 Å². The number of hydrazone groups is 1. The summed E-state index contributed by atoms with van der Waals surface area (Å²) in [5, 5.41) is 12.9. The molecule has 4 aromatic rings. The molecule has 3 N–H and O–H groups in total. The number of hydrogen-bond acceptors (Lipinski definition) is 8. The normalized spacial score (nSPS) is 15.5. The summed E-state index contributed by atoms with van der Waals surface area (Å²) in [6, 6.07) is 12.6. The molecule has 33 heavy (non-hydrogen) atoms. The van der Waals surface area contributed by atoms with Crippen LogP contribution in [0.1, 0.15) is 6.42 Å². The minimum Gasteiger partial charge on any atom is -0.368 e. The Kier molecular flexibility index (Phi) is 5.75. The van der Waals surface area contributed by atoms with Crippen LogP contribution < -0.4 is 16.1 Å². The highest BCUT2D eigenvalue weighted by Gasteiger charge is 2.35. The molecule has 4 heterocycles. The van der Waals surface area contributed by atoms with Crippen molar-refractivity contribution >= 4 is 62.4 Å². The number of rotatable bonds is 6. The van der Waals surface area contributed by atoms with Gasteiger partial charge in [0.1, 0.15) is 23.3 Å². The summed E-state index contributed by atoms with van der Waals surface area (Å²) in [5.74, 6) is -1.50. The van der Waals surface area contributed by atoms with Crippen molar-refractivity contribution in [3.63, 3.8) is 0 Å². The molecular weight excluding hydrogens is 481 g/mol. The van der Waals surface area contributed by atoms with E-state index < -0.39 is 23.7 Å². The standard InChI is InChI=1S/C22H16FN5O2S3/c23-12-5-7-13(8-6-12)28-15(20(24)29)11-14(27-28)21(30)26-22-25-18(16-3-1-9-31-16)19(33-22)17-4-2-10-32-17/h1-10,15H,11H2,(H2,24,29)(H,25,26,30). The van der Waals surface area contributed by atoms with E-state index in [9.17, 15) is 14.0 Å². The Morgan fingerprint density at radius 1 is 1.06 bits per heavy atom. The molecule has 1 aliphatic heterocycles. The van der Waals surface area contributed by atoms with Crippen LogP contribution in [0.25, 0.3) is 20.3 Å². The number of anilines is 2. The van der Waals surface area contributed by atoms with Gasteiger partial charge in [-0.25, -0.2) is 9.37 Å². The zero-order valence-corrected chi connectivity index (χ0v) is 19.3. The molecule has 7 nitrogen and oxygen atoms in total. The lowest BCUT2D eigenvalue weighted by atomic mass is 10.1. The summed E-state index contributed by atoms with van der Waals surface area (Å²) in [4.78, 5) is 32.7. The molecule has 0 fully saturated rings. The zero-order valence-electron chi connectivity index (χ0n) is 16.9. The number of halogens is 1. The van der Waals surface area contributed by atoms with Gasteiger partial charge in [0.05, 0.1) is 15.4 Å². The molecule has 1 aromatic carbocycles. The highest BCUT2D eigenvalue weighted by Crippen LogP contribution is 2.42. The number of hydrogen-bond donors (Lipinski definition) is 2. The van der Waals surface area contributed by atoms with E-state index in [1.54, 1.807) is 22.7 Å². The van der Waals surface area contributed by atoms with E-state index >= 15 is 0 Å². The molecule has 166 valence electrons. The van der Waals surface area contributed by atoms with Crippen molar-refractivity contribution in [2.75, 3.05) is 10.3 Å². The smallest absolute Gasteiger partial charge is 0.273 e. The van der Waals surface area contributed by atoms with Crippen LogP contribution in [0.4, 0.5) is 15.2 Å². The van der Waals surface area contributed by atoms with E-state index in [2.05, 4.69) is 15.4 Å². The fraction of sp³-hybridized carbons (Fsp3) is 0.0909. The van der Waals surface area contributed by atoms with Crippen LogP contribution in [0.3, 0.4) is 0 Å². The van der Waals surface area contributed by atoms with Gasteiger partial charge in [0.2, 0.25) is 5.91 Å². The van der Waals surface area contributed by atoms with Crippen LogP contribution in [0.2, 0.25) is 0 Å². The average Bonchev–Trinajstić information content (AvgIpc) is 3.60. The van der Waals surface area contributed by atoms with Crippen molar-refractivity contribution in [1.82, 2.24) is 4.98 Å². The number of primary amides is 1. The first-order valence-electron chi connectivity index (χ1n) is 9.81. The lowest BCUT2D eigenvalue weighted by Crippen LogP contribution is -2.39. The van der Waals surface area contributed by atoms with Crippen molar-refractivity contribution in [2.24, 2.45) is 10.8 Å². The number of carbonyl (C=O) groups is 2. The van der Waals surface area contributed by atoms with Crippen molar-refractivity contribution in [2.45, 2.75) is 12.5 Å². The second-order valence-electron chi connectivity index (χ2n) is 7.10. The van der Waals surface area contributed by atoms with E-state index in [0.29, 0.717) is 10.8 Å². The number of carbonyl (C=O) groups excluding carboxylic acids is 2. The first-order chi connectivity index (χ1) is 16.0. The lowest BCUT2D eigenvalue weighted by molar-refractivity contribution is -0.119. The van der Waals surface area contributed by atoms with Crippen LogP contribution in [-0.4, -0.2) is 28.6 Å². The fourth-order valence-corrected chi connectivity index (χ4v) is 6.01. The Labute approximate surface area is 200 Å². The molecule has 3 aromatic heterocycles. The quantitative estimate of drug-likeness (QED) is 0.400. The minimum absolute atomic E-state index is 0.0412. The van der Waals surface area contributed by atoms with Gasteiger partial charge in [-0.3, -0.25) is 19.9 Å². The van der Waals surface area contributed by atoms with Crippen molar-refractivity contribution in [3.8, 4) is 20.3 Å². The van der Waals surface area contributed by atoms with E-state index in [-0.39, 0.29) is 12.1 Å². The predicted octanol–water partition coefficient (Wildman–Crippen LogP) is 4.80. The maximum absolute atomic E-state index is 13.3. The molecule has 0 aliphatic carbocycles. The molecule has 0 radical (unpaired) electrons. The van der Waals surface area contributed by atoms with Crippen LogP contribution in [0, 0.1) is 5.82 Å². The van der Waals surface area contributed by atoms with Gasteiger partial charge < -0.3 is 5.73 Å². The maximum Gasteiger partial charge on any atom is 0.273 e. The van der Waals surface area contributed by atoms with Crippen molar-refractivity contribution in [3.05, 3.63) is 65.1 Å². The summed E-state index contributed by atoms with van der Waals surface area (Å²) in [6.07, 6.45) is 0.0412. The zero-order chi connectivity index (χ0) is 22.9. The molecule has 0 spiro atoms. The van der Waals surface area contributed by atoms with E-state index in [1.165, 1.54) is 40.6 Å². The van der Waals surface area contributed by atoms with Gasteiger partial charge in [0, 0.05) is 11.3 Å². The van der Waals surface area contributed by atoms with E-state index in [1.807, 2.05) is 35.0 Å². The molecule has 1 unspecified atom stereocenters. The summed E-state index contributed by atoms with van der Waals surface area (Å²) in [5.41, 5.74) is 6.96. The molecule has 0 bridgehead atoms. The Hall–Kier alpha value is -3.41. The van der Waals surface area contributed by atoms with Crippen LogP contribution in [0.15, 0.2) is 64.4 Å². The summed E-state index contributed by atoms with van der Waals surface area (Å²) < 4.78 is 13.3. The third-order valence-electron chi connectivity index (χ3n) is 4.94. The highest BCUT2D eigenvalue weighted by atomic mass is 32.1. The monoisotopic (exact) mass is 497 g/mol. The number of nitrogens with two attached hydrogens (primary N) is 1. The number of benzene rings is 1. The second kappa shape index (κ2) is 8.85. The third kappa shape index (κ3) is 4.30. The molecule has 0 saturated carbocycles. The molecule has 1 atom stereocenters. The average molecular weight is 498 g/mol. The Morgan fingerprint density at radius 3 is 2.39 bits per heavy atom. The van der Waals surface area contributed by atoms with Gasteiger partial charge >= 0.3 is 0 Å². The maximum atomic E-state index is 13.3. The number of nitrogens with one attached hydrogen (secondary N) is 1. The number of aromatic nitrogens is 1. The van der Waals surface area contributed by atoms with Gasteiger partial charge in [0.25, 0.3) is 5.91 Å². The van der Waals surface area contributed by atoms with Crippen LogP contribution in [0.5, 0.6) is 0 Å². The number of nitrogens with zero attached hydrogens (tertiary/aromatic N) is 3. The predicted molar refractivity (Wildman–Crippen MR) is 131 cm³/mol. The minimum atomic E-state index is -0.837. The van der Waals surface area contributed by atoms with Crippen LogP contribution >= 0.6 is 34.0 Å². The molecule has 2 amide bonds. The second-order valence-corrected chi connectivity index (χ2v) is 9.99. The van der Waals surface area contributed by atoms with Crippen LogP contribution in [-0.2, 0) is 9.59 Å². The molecular formula is C22H16FN5O2S3. The molecule has 1 aliphatic rings. The largest absolute Gasteiger partial charge is 0.368 e. The Morgan fingerprint density at radius 2 is 1.76 bits per heavy atom. The third-order valence-corrected chi connectivity index (χ3v) is 7.84. The topological polar surface area (TPSA) is 101 Å². The van der Waals surface area contributed by atoms with Gasteiger partial charge in [-0.1, -0.05) is 23.5 Å². The summed E-state index contributed by atoms with van der Waals surface area (Å²) >= 11 is 4.56. The Balaban J connectivity index is 1.42. The molecule has 5 rings (SSSR count). The summed E-state index contributed by atoms with van der Waals surface area (Å²) in [6.45, 7) is 0. The van der Waals surface area contributed by atoms with Gasteiger partial charge in [-0.15, -0.1) is 22.7 Å². The fourth-order valence-electron chi connectivity index (χ4n) is 3.40. The van der Waals surface area contributed by atoms with E-state index in [4.69, 9.17) is 5.73 Å². The highest BCUT2D eigenvalue weighted by molar-refractivity contribution is 7.24. The van der Waals surface area contributed by atoms with E-state index in [0.717, 1.165) is 20.3 Å². The molecule has 11 heteroatoms. The van der Waals surface area contributed by atoms with Crippen molar-refractivity contribution < 1.29 is 14.0 Å². The van der Waals surface area contributed by atoms with Gasteiger partial charge in [-0.05, 0) is 47.2 Å².